The Morgan fingerprint density at radius 2 is 2.19 bits per heavy atom. The Labute approximate surface area is 93.2 Å². The van der Waals surface area contributed by atoms with Crippen LogP contribution in [-0.4, -0.2) is 20.2 Å². The maximum absolute atomic E-state index is 13.4. The van der Waals surface area contributed by atoms with Crippen molar-refractivity contribution in [1.82, 2.24) is 0 Å². The fraction of sp³-hybridized carbons (Fsp3) is 0.417. The van der Waals surface area contributed by atoms with E-state index in [1.807, 2.05) is 0 Å². The number of halogens is 1. The van der Waals surface area contributed by atoms with Crippen molar-refractivity contribution in [3.8, 4) is 5.75 Å². The number of hydrogen-bond acceptors (Lipinski definition) is 3. The summed E-state index contributed by atoms with van der Waals surface area (Å²) in [5.41, 5.74) is 0.828. The van der Waals surface area contributed by atoms with Gasteiger partial charge in [0.1, 0.15) is 0 Å². The van der Waals surface area contributed by atoms with Crippen molar-refractivity contribution in [3.63, 3.8) is 0 Å². The number of ether oxygens (including phenoxy) is 2. The molecule has 2 rings (SSSR count). The lowest BCUT2D eigenvalue weighted by molar-refractivity contribution is -0.142. The second kappa shape index (κ2) is 4.12. The molecule has 2 atom stereocenters. The zero-order chi connectivity index (χ0) is 11.7. The molecule has 0 aliphatic heterocycles. The Morgan fingerprint density at radius 1 is 1.44 bits per heavy atom. The summed E-state index contributed by atoms with van der Waals surface area (Å²) in [5.74, 6) is -0.415. The van der Waals surface area contributed by atoms with Crippen molar-refractivity contribution in [1.29, 1.82) is 0 Å². The van der Waals surface area contributed by atoms with Gasteiger partial charge in [-0.25, -0.2) is 4.39 Å². The highest BCUT2D eigenvalue weighted by Crippen LogP contribution is 2.48. The minimum absolute atomic E-state index is 0.0906. The maximum atomic E-state index is 13.4. The number of carbonyl (C=O) groups excluding carboxylic acids is 1. The van der Waals surface area contributed by atoms with E-state index in [0.29, 0.717) is 0 Å². The third-order valence-corrected chi connectivity index (χ3v) is 2.90. The third kappa shape index (κ3) is 1.87. The summed E-state index contributed by atoms with van der Waals surface area (Å²) >= 11 is 0. The van der Waals surface area contributed by atoms with Gasteiger partial charge in [-0.2, -0.15) is 0 Å². The number of hydrogen-bond donors (Lipinski definition) is 0. The second-order valence-electron chi connectivity index (χ2n) is 3.87. The van der Waals surface area contributed by atoms with Crippen LogP contribution in [0.15, 0.2) is 18.2 Å². The molecule has 1 aliphatic carbocycles. The molecule has 0 bridgehead atoms. The van der Waals surface area contributed by atoms with Crippen LogP contribution in [0.1, 0.15) is 17.9 Å². The molecule has 1 aromatic rings. The summed E-state index contributed by atoms with van der Waals surface area (Å²) in [6.45, 7) is 0. The summed E-state index contributed by atoms with van der Waals surface area (Å²) in [7, 11) is 2.79. The maximum Gasteiger partial charge on any atom is 0.309 e. The van der Waals surface area contributed by atoms with Gasteiger partial charge < -0.3 is 9.47 Å². The van der Waals surface area contributed by atoms with Gasteiger partial charge in [0, 0.05) is 0 Å². The largest absolute Gasteiger partial charge is 0.494 e. The van der Waals surface area contributed by atoms with Gasteiger partial charge in [-0.3, -0.25) is 4.79 Å². The lowest BCUT2D eigenvalue weighted by atomic mass is 10.1. The van der Waals surface area contributed by atoms with E-state index in [1.165, 1.54) is 20.3 Å². The van der Waals surface area contributed by atoms with Crippen LogP contribution < -0.4 is 4.74 Å². The molecular weight excluding hydrogens is 211 g/mol. The number of carbonyl (C=O) groups is 1. The first-order valence-electron chi connectivity index (χ1n) is 5.08. The van der Waals surface area contributed by atoms with Crippen LogP contribution in [0.3, 0.4) is 0 Å². The van der Waals surface area contributed by atoms with Crippen molar-refractivity contribution in [2.45, 2.75) is 12.3 Å². The first kappa shape index (κ1) is 10.9. The topological polar surface area (TPSA) is 35.5 Å². The van der Waals surface area contributed by atoms with Gasteiger partial charge in [0.05, 0.1) is 20.1 Å². The Kier molecular flexibility index (Phi) is 2.81. The van der Waals surface area contributed by atoms with Gasteiger partial charge in [-0.1, -0.05) is 6.07 Å². The highest BCUT2D eigenvalue weighted by Gasteiger charge is 2.45. The van der Waals surface area contributed by atoms with E-state index in [0.717, 1.165) is 12.0 Å². The van der Waals surface area contributed by atoms with Crippen LogP contribution in [0.2, 0.25) is 0 Å². The number of methoxy groups -OCH3 is 2. The van der Waals surface area contributed by atoms with Gasteiger partial charge in [0.25, 0.3) is 0 Å². The van der Waals surface area contributed by atoms with Gasteiger partial charge in [0.15, 0.2) is 11.6 Å². The standard InChI is InChI=1S/C12H13FO3/c1-15-11-4-3-7(5-10(11)13)8-6-9(8)12(14)16-2/h3-5,8-9H,6H2,1-2H3. The Bertz CT molecular complexity index is 417. The van der Waals surface area contributed by atoms with Crippen LogP contribution in [0.5, 0.6) is 5.75 Å². The molecule has 0 spiro atoms. The van der Waals surface area contributed by atoms with Crippen molar-refractivity contribution in [2.24, 2.45) is 5.92 Å². The third-order valence-electron chi connectivity index (χ3n) is 2.90. The predicted octanol–water partition coefficient (Wildman–Crippen LogP) is 2.11. The smallest absolute Gasteiger partial charge is 0.309 e. The van der Waals surface area contributed by atoms with E-state index in [4.69, 9.17) is 4.74 Å². The first-order chi connectivity index (χ1) is 7.67. The summed E-state index contributed by atoms with van der Waals surface area (Å²) in [4.78, 5) is 11.2. The minimum Gasteiger partial charge on any atom is -0.494 e. The summed E-state index contributed by atoms with van der Waals surface area (Å²) < 4.78 is 22.9. The van der Waals surface area contributed by atoms with Gasteiger partial charge >= 0.3 is 5.97 Å². The van der Waals surface area contributed by atoms with Crippen molar-refractivity contribution < 1.29 is 18.7 Å². The fourth-order valence-electron chi connectivity index (χ4n) is 1.89. The monoisotopic (exact) mass is 224 g/mol. The molecule has 1 fully saturated rings. The molecule has 0 N–H and O–H groups in total. The molecule has 0 heterocycles. The number of benzene rings is 1. The van der Waals surface area contributed by atoms with Crippen molar-refractivity contribution in [3.05, 3.63) is 29.6 Å². The van der Waals surface area contributed by atoms with Crippen LogP contribution in [0.4, 0.5) is 4.39 Å². The molecule has 4 heteroatoms. The SMILES string of the molecule is COC(=O)C1CC1c1ccc(OC)c(F)c1. The minimum atomic E-state index is -0.393. The summed E-state index contributed by atoms with van der Waals surface area (Å²) in [6, 6.07) is 4.79. The Hall–Kier alpha value is -1.58. The molecule has 0 amide bonds. The zero-order valence-corrected chi connectivity index (χ0v) is 9.20. The van der Waals surface area contributed by atoms with Crippen molar-refractivity contribution in [2.75, 3.05) is 14.2 Å². The van der Waals surface area contributed by atoms with E-state index < -0.39 is 5.82 Å². The van der Waals surface area contributed by atoms with E-state index in [1.54, 1.807) is 12.1 Å². The van der Waals surface area contributed by atoms with Crippen molar-refractivity contribution >= 4 is 5.97 Å². The second-order valence-corrected chi connectivity index (χ2v) is 3.87. The lowest BCUT2D eigenvalue weighted by Crippen LogP contribution is -2.04. The molecule has 2 unspecified atom stereocenters. The molecular formula is C12H13FO3. The zero-order valence-electron chi connectivity index (χ0n) is 9.20. The highest BCUT2D eigenvalue weighted by atomic mass is 19.1. The molecule has 3 nitrogen and oxygen atoms in total. The number of rotatable bonds is 3. The predicted molar refractivity (Wildman–Crippen MR) is 55.8 cm³/mol. The molecule has 0 radical (unpaired) electrons. The molecule has 1 saturated carbocycles. The highest BCUT2D eigenvalue weighted by molar-refractivity contribution is 5.77. The van der Waals surface area contributed by atoms with E-state index in [9.17, 15) is 9.18 Å². The van der Waals surface area contributed by atoms with E-state index in [-0.39, 0.29) is 23.6 Å². The molecule has 16 heavy (non-hydrogen) atoms. The summed E-state index contributed by atoms with van der Waals surface area (Å²) in [6.07, 6.45) is 0.735. The van der Waals surface area contributed by atoms with Crippen LogP contribution >= 0.6 is 0 Å². The average molecular weight is 224 g/mol. The first-order valence-corrected chi connectivity index (χ1v) is 5.08. The molecule has 1 aliphatic rings. The molecule has 0 saturated heterocycles. The lowest BCUT2D eigenvalue weighted by Gasteiger charge is -2.04. The quantitative estimate of drug-likeness (QED) is 0.738. The van der Waals surface area contributed by atoms with Gasteiger partial charge in [-0.05, 0) is 30.0 Å². The van der Waals surface area contributed by atoms with Crippen LogP contribution in [0, 0.1) is 11.7 Å². The summed E-state index contributed by atoms with van der Waals surface area (Å²) in [5, 5.41) is 0. The molecule has 86 valence electrons. The van der Waals surface area contributed by atoms with Gasteiger partial charge in [0.2, 0.25) is 0 Å². The van der Waals surface area contributed by atoms with Crippen LogP contribution in [-0.2, 0) is 9.53 Å². The van der Waals surface area contributed by atoms with Gasteiger partial charge in [-0.15, -0.1) is 0 Å². The van der Waals surface area contributed by atoms with Crippen LogP contribution in [0.25, 0.3) is 0 Å². The Balaban J connectivity index is 2.13. The fourth-order valence-corrected chi connectivity index (χ4v) is 1.89. The Morgan fingerprint density at radius 3 is 2.75 bits per heavy atom. The number of esters is 1. The average Bonchev–Trinajstić information content (AvgIpc) is 3.08. The molecule has 1 aromatic carbocycles. The normalized spacial score (nSPS) is 22.7. The molecule has 0 aromatic heterocycles. The van der Waals surface area contributed by atoms with E-state index in [2.05, 4.69) is 4.74 Å². The van der Waals surface area contributed by atoms with E-state index >= 15 is 0 Å².